The van der Waals surface area contributed by atoms with Crippen LogP contribution in [0.2, 0.25) is 5.02 Å². The van der Waals surface area contributed by atoms with Gasteiger partial charge in [0.15, 0.2) is 0 Å². The molecule has 2 aromatic carbocycles. The lowest BCUT2D eigenvalue weighted by atomic mass is 10.1. The lowest BCUT2D eigenvalue weighted by molar-refractivity contribution is 0.0939. The zero-order valence-electron chi connectivity index (χ0n) is 15.5. The van der Waals surface area contributed by atoms with Gasteiger partial charge >= 0.3 is 0 Å². The maximum absolute atomic E-state index is 12.6. The van der Waals surface area contributed by atoms with E-state index < -0.39 is 0 Å². The van der Waals surface area contributed by atoms with Crippen LogP contribution in [0.3, 0.4) is 0 Å². The molecule has 0 bridgehead atoms. The second kappa shape index (κ2) is 10.2. The largest absolute Gasteiger partial charge is 0.494 e. The van der Waals surface area contributed by atoms with Crippen LogP contribution in [0, 0.1) is 0 Å². The van der Waals surface area contributed by atoms with Crippen LogP contribution in [-0.4, -0.2) is 19.1 Å². The summed E-state index contributed by atoms with van der Waals surface area (Å²) in [6.07, 6.45) is 0.947. The quantitative estimate of drug-likeness (QED) is 0.616. The minimum atomic E-state index is -0.132. The molecule has 0 aliphatic heterocycles. The third-order valence-corrected chi connectivity index (χ3v) is 4.20. The number of ether oxygens (including phenoxy) is 2. The maximum Gasteiger partial charge on any atom is 0.251 e. The lowest BCUT2D eigenvalue weighted by Crippen LogP contribution is -2.26. The first-order chi connectivity index (χ1) is 12.5. The van der Waals surface area contributed by atoms with E-state index in [9.17, 15) is 4.79 Å². The van der Waals surface area contributed by atoms with Crippen molar-refractivity contribution in [1.29, 1.82) is 0 Å². The van der Waals surface area contributed by atoms with E-state index >= 15 is 0 Å². The Morgan fingerprint density at radius 3 is 2.54 bits per heavy atom. The van der Waals surface area contributed by atoms with Gasteiger partial charge in [0.1, 0.15) is 5.75 Å². The molecular weight excluding hydrogens is 350 g/mol. The van der Waals surface area contributed by atoms with E-state index in [0.717, 1.165) is 23.3 Å². The molecular formula is C21H26ClNO3. The van der Waals surface area contributed by atoms with Crippen molar-refractivity contribution in [2.45, 2.75) is 39.8 Å². The van der Waals surface area contributed by atoms with Crippen LogP contribution in [0.25, 0.3) is 0 Å². The first-order valence-electron chi connectivity index (χ1n) is 8.95. The number of carbonyl (C=O) groups excluding carboxylic acids is 1. The molecule has 0 saturated heterocycles. The van der Waals surface area contributed by atoms with Gasteiger partial charge in [0.2, 0.25) is 0 Å². The van der Waals surface area contributed by atoms with Gasteiger partial charge in [-0.3, -0.25) is 4.79 Å². The molecule has 0 aliphatic carbocycles. The Balaban J connectivity index is 2.11. The van der Waals surface area contributed by atoms with E-state index in [0.29, 0.717) is 30.4 Å². The normalized spacial score (nSPS) is 11.8. The molecule has 1 N–H and O–H groups in total. The number of nitrogens with one attached hydrogen (secondary N) is 1. The lowest BCUT2D eigenvalue weighted by Gasteiger charge is -2.16. The molecule has 0 fully saturated rings. The number of hydrogen-bond donors (Lipinski definition) is 1. The fourth-order valence-electron chi connectivity index (χ4n) is 2.57. The van der Waals surface area contributed by atoms with Gasteiger partial charge in [0.25, 0.3) is 5.91 Å². The van der Waals surface area contributed by atoms with E-state index in [-0.39, 0.29) is 11.9 Å². The molecule has 0 aromatic heterocycles. The summed E-state index contributed by atoms with van der Waals surface area (Å²) in [5.41, 5.74) is 2.47. The molecule has 0 aliphatic rings. The molecule has 5 heteroatoms. The molecule has 2 aromatic rings. The fraction of sp³-hybridized carbons (Fsp3) is 0.381. The minimum absolute atomic E-state index is 0.119. The Labute approximate surface area is 160 Å². The zero-order chi connectivity index (χ0) is 18.9. The monoisotopic (exact) mass is 375 g/mol. The summed E-state index contributed by atoms with van der Waals surface area (Å²) in [6, 6.07) is 12.8. The van der Waals surface area contributed by atoms with Gasteiger partial charge in [-0.05, 0) is 56.2 Å². The number of amides is 1. The van der Waals surface area contributed by atoms with Crippen molar-refractivity contribution in [2.75, 3.05) is 13.2 Å². The van der Waals surface area contributed by atoms with E-state index in [1.807, 2.05) is 50.2 Å². The van der Waals surface area contributed by atoms with Crippen LogP contribution < -0.4 is 10.1 Å². The number of benzene rings is 2. The van der Waals surface area contributed by atoms with E-state index in [4.69, 9.17) is 21.1 Å². The highest BCUT2D eigenvalue weighted by molar-refractivity contribution is 6.30. The predicted octanol–water partition coefficient (Wildman–Crippen LogP) is 5.16. The Bertz CT molecular complexity index is 716. The molecule has 0 spiro atoms. The average molecular weight is 376 g/mol. The SMILES string of the molecule is CCCOCc1cc(C(=O)N[C@@H](C)c2ccc(Cl)cc2)ccc1OCC. The van der Waals surface area contributed by atoms with Crippen LogP contribution in [0.15, 0.2) is 42.5 Å². The third-order valence-electron chi connectivity index (χ3n) is 3.95. The van der Waals surface area contributed by atoms with Crippen LogP contribution in [0.1, 0.15) is 54.7 Å². The Hall–Kier alpha value is -2.04. The van der Waals surface area contributed by atoms with Gasteiger partial charge in [0.05, 0.1) is 19.3 Å². The summed E-state index contributed by atoms with van der Waals surface area (Å²) in [7, 11) is 0. The molecule has 4 nitrogen and oxygen atoms in total. The summed E-state index contributed by atoms with van der Waals surface area (Å²) < 4.78 is 11.3. The predicted molar refractivity (Wildman–Crippen MR) is 105 cm³/mol. The van der Waals surface area contributed by atoms with Crippen LogP contribution in [0.4, 0.5) is 0 Å². The minimum Gasteiger partial charge on any atom is -0.494 e. The highest BCUT2D eigenvalue weighted by atomic mass is 35.5. The van der Waals surface area contributed by atoms with Crippen LogP contribution in [0.5, 0.6) is 5.75 Å². The molecule has 26 heavy (non-hydrogen) atoms. The zero-order valence-corrected chi connectivity index (χ0v) is 16.3. The van der Waals surface area contributed by atoms with Crippen molar-refractivity contribution in [3.8, 4) is 5.75 Å². The molecule has 0 heterocycles. The second-order valence-electron chi connectivity index (χ2n) is 6.05. The van der Waals surface area contributed by atoms with Crippen LogP contribution >= 0.6 is 11.6 Å². The summed E-state index contributed by atoms with van der Waals surface area (Å²) >= 11 is 5.92. The van der Waals surface area contributed by atoms with Crippen molar-refractivity contribution in [3.63, 3.8) is 0 Å². The highest BCUT2D eigenvalue weighted by Crippen LogP contribution is 2.22. The molecule has 1 atom stereocenters. The van der Waals surface area contributed by atoms with Crippen molar-refractivity contribution < 1.29 is 14.3 Å². The second-order valence-corrected chi connectivity index (χ2v) is 6.49. The fourth-order valence-corrected chi connectivity index (χ4v) is 2.70. The molecule has 2 rings (SSSR count). The van der Waals surface area contributed by atoms with Crippen molar-refractivity contribution in [1.82, 2.24) is 5.32 Å². The van der Waals surface area contributed by atoms with Gasteiger partial charge in [-0.2, -0.15) is 0 Å². The summed E-state index contributed by atoms with van der Waals surface area (Å²) in [6.45, 7) is 7.62. The van der Waals surface area contributed by atoms with Crippen molar-refractivity contribution >= 4 is 17.5 Å². The molecule has 140 valence electrons. The Kier molecular flexibility index (Phi) is 7.95. The number of hydrogen-bond acceptors (Lipinski definition) is 3. The van der Waals surface area contributed by atoms with Crippen LogP contribution in [-0.2, 0) is 11.3 Å². The van der Waals surface area contributed by atoms with E-state index in [1.54, 1.807) is 6.07 Å². The highest BCUT2D eigenvalue weighted by Gasteiger charge is 2.14. The van der Waals surface area contributed by atoms with Crippen molar-refractivity contribution in [3.05, 3.63) is 64.2 Å². The maximum atomic E-state index is 12.6. The van der Waals surface area contributed by atoms with E-state index in [2.05, 4.69) is 12.2 Å². The van der Waals surface area contributed by atoms with Gasteiger partial charge < -0.3 is 14.8 Å². The molecule has 0 unspecified atom stereocenters. The summed E-state index contributed by atoms with van der Waals surface area (Å²) in [4.78, 5) is 12.6. The number of carbonyl (C=O) groups is 1. The van der Waals surface area contributed by atoms with Crippen molar-refractivity contribution in [2.24, 2.45) is 0 Å². The van der Waals surface area contributed by atoms with Gasteiger partial charge in [-0.25, -0.2) is 0 Å². The van der Waals surface area contributed by atoms with Gasteiger partial charge in [0, 0.05) is 22.8 Å². The van der Waals surface area contributed by atoms with Gasteiger partial charge in [-0.15, -0.1) is 0 Å². The number of halogens is 1. The standard InChI is InChI=1S/C21H26ClNO3/c1-4-12-25-14-18-13-17(8-11-20(18)26-5-2)21(24)23-15(3)16-6-9-19(22)10-7-16/h6-11,13,15H,4-5,12,14H2,1-3H3,(H,23,24)/t15-/m0/s1. The smallest absolute Gasteiger partial charge is 0.251 e. The summed E-state index contributed by atoms with van der Waals surface area (Å²) in [5, 5.41) is 3.69. The molecule has 1 amide bonds. The molecule has 0 saturated carbocycles. The molecule has 0 radical (unpaired) electrons. The third kappa shape index (κ3) is 5.75. The number of rotatable bonds is 9. The Morgan fingerprint density at radius 1 is 1.15 bits per heavy atom. The van der Waals surface area contributed by atoms with Gasteiger partial charge in [-0.1, -0.05) is 30.7 Å². The topological polar surface area (TPSA) is 47.6 Å². The first kappa shape index (κ1) is 20.3. The summed E-state index contributed by atoms with van der Waals surface area (Å²) in [5.74, 6) is 0.623. The first-order valence-corrected chi connectivity index (χ1v) is 9.32. The van der Waals surface area contributed by atoms with E-state index in [1.165, 1.54) is 0 Å². The average Bonchev–Trinajstić information content (AvgIpc) is 2.63. The Morgan fingerprint density at radius 2 is 1.88 bits per heavy atom.